The van der Waals surface area contributed by atoms with Crippen LogP contribution in [0.5, 0.6) is 5.75 Å². The molecule has 0 bridgehead atoms. The summed E-state index contributed by atoms with van der Waals surface area (Å²) in [6.07, 6.45) is 5.07. The van der Waals surface area contributed by atoms with Gasteiger partial charge in [-0.1, -0.05) is 25.5 Å². The van der Waals surface area contributed by atoms with Crippen molar-refractivity contribution in [3.63, 3.8) is 0 Å². The van der Waals surface area contributed by atoms with Crippen LogP contribution in [0.15, 0.2) is 24.3 Å². The van der Waals surface area contributed by atoms with Gasteiger partial charge in [0.2, 0.25) is 0 Å². The van der Waals surface area contributed by atoms with Gasteiger partial charge in [-0.15, -0.1) is 0 Å². The van der Waals surface area contributed by atoms with Crippen molar-refractivity contribution < 1.29 is 4.74 Å². The van der Waals surface area contributed by atoms with E-state index in [1.165, 1.54) is 31.4 Å². The largest absolute Gasteiger partial charge is 0.497 e. The van der Waals surface area contributed by atoms with Crippen LogP contribution in [0.3, 0.4) is 0 Å². The molecule has 3 heteroatoms. The molecule has 0 aliphatic carbocycles. The van der Waals surface area contributed by atoms with E-state index >= 15 is 0 Å². The molecule has 0 aromatic heterocycles. The SMILES string of the molecule is CCNC(Cc1cccc(OC)c1)C1CCCCN1C. The highest BCUT2D eigenvalue weighted by molar-refractivity contribution is 5.29. The van der Waals surface area contributed by atoms with E-state index < -0.39 is 0 Å². The number of methoxy groups -OCH3 is 1. The first-order valence-electron chi connectivity index (χ1n) is 7.81. The average molecular weight is 276 g/mol. The molecule has 2 rings (SSSR count). The van der Waals surface area contributed by atoms with Gasteiger partial charge in [-0.3, -0.25) is 0 Å². The molecule has 3 nitrogen and oxygen atoms in total. The Kier molecular flexibility index (Phi) is 5.86. The summed E-state index contributed by atoms with van der Waals surface area (Å²) < 4.78 is 5.33. The Hall–Kier alpha value is -1.06. The minimum absolute atomic E-state index is 0.525. The number of benzene rings is 1. The maximum absolute atomic E-state index is 5.33. The summed E-state index contributed by atoms with van der Waals surface area (Å²) in [5.74, 6) is 0.953. The van der Waals surface area contributed by atoms with Gasteiger partial charge in [0.05, 0.1) is 7.11 Å². The van der Waals surface area contributed by atoms with Gasteiger partial charge in [0.25, 0.3) is 0 Å². The van der Waals surface area contributed by atoms with E-state index in [-0.39, 0.29) is 0 Å². The second kappa shape index (κ2) is 7.65. The fourth-order valence-corrected chi connectivity index (χ4v) is 3.27. The van der Waals surface area contributed by atoms with Crippen LogP contribution >= 0.6 is 0 Å². The zero-order chi connectivity index (χ0) is 14.4. The number of piperidine rings is 1. The van der Waals surface area contributed by atoms with E-state index in [0.29, 0.717) is 12.1 Å². The van der Waals surface area contributed by atoms with Crippen molar-refractivity contribution in [1.82, 2.24) is 10.2 Å². The summed E-state index contributed by atoms with van der Waals surface area (Å²) >= 11 is 0. The van der Waals surface area contributed by atoms with Crippen LogP contribution in [-0.2, 0) is 6.42 Å². The lowest BCUT2D eigenvalue weighted by Gasteiger charge is -2.38. The molecule has 112 valence electrons. The van der Waals surface area contributed by atoms with Gasteiger partial charge in [-0.05, 0) is 57.1 Å². The van der Waals surface area contributed by atoms with Gasteiger partial charge in [-0.2, -0.15) is 0 Å². The Bertz CT molecular complexity index is 408. The number of likely N-dealkylation sites (N-methyl/N-ethyl adjacent to an activating group) is 2. The molecule has 2 unspecified atom stereocenters. The van der Waals surface area contributed by atoms with Crippen LogP contribution in [0.1, 0.15) is 31.7 Å². The minimum atomic E-state index is 0.525. The van der Waals surface area contributed by atoms with Crippen molar-refractivity contribution in [3.05, 3.63) is 29.8 Å². The average Bonchev–Trinajstić information content (AvgIpc) is 2.47. The first-order valence-corrected chi connectivity index (χ1v) is 7.81. The zero-order valence-electron chi connectivity index (χ0n) is 13.1. The lowest BCUT2D eigenvalue weighted by molar-refractivity contribution is 0.145. The normalized spacial score (nSPS) is 21.6. The Morgan fingerprint density at radius 3 is 2.95 bits per heavy atom. The summed E-state index contributed by atoms with van der Waals surface area (Å²) in [4.78, 5) is 2.52. The van der Waals surface area contributed by atoms with Crippen molar-refractivity contribution >= 4 is 0 Å². The topological polar surface area (TPSA) is 24.5 Å². The van der Waals surface area contributed by atoms with E-state index in [1.54, 1.807) is 7.11 Å². The highest BCUT2D eigenvalue weighted by Gasteiger charge is 2.27. The number of nitrogens with one attached hydrogen (secondary N) is 1. The summed E-state index contributed by atoms with van der Waals surface area (Å²) in [5, 5.41) is 3.69. The number of rotatable bonds is 6. The lowest BCUT2D eigenvalue weighted by Crippen LogP contribution is -2.51. The maximum Gasteiger partial charge on any atom is 0.119 e. The summed E-state index contributed by atoms with van der Waals surface area (Å²) in [5.41, 5.74) is 1.36. The van der Waals surface area contributed by atoms with Gasteiger partial charge in [0, 0.05) is 12.1 Å². The molecular weight excluding hydrogens is 248 g/mol. The van der Waals surface area contributed by atoms with Crippen LogP contribution in [0, 0.1) is 0 Å². The first-order chi connectivity index (χ1) is 9.74. The highest BCUT2D eigenvalue weighted by Crippen LogP contribution is 2.22. The second-order valence-electron chi connectivity index (χ2n) is 5.76. The highest BCUT2D eigenvalue weighted by atomic mass is 16.5. The van der Waals surface area contributed by atoms with E-state index in [1.807, 2.05) is 6.07 Å². The van der Waals surface area contributed by atoms with Crippen LogP contribution in [-0.4, -0.2) is 44.2 Å². The molecule has 1 saturated heterocycles. The molecule has 1 aromatic rings. The quantitative estimate of drug-likeness (QED) is 0.864. The van der Waals surface area contributed by atoms with E-state index in [9.17, 15) is 0 Å². The maximum atomic E-state index is 5.33. The Morgan fingerprint density at radius 2 is 2.25 bits per heavy atom. The molecule has 1 N–H and O–H groups in total. The van der Waals surface area contributed by atoms with Crippen molar-refractivity contribution in [2.75, 3.05) is 27.2 Å². The van der Waals surface area contributed by atoms with Crippen molar-refractivity contribution in [3.8, 4) is 5.75 Å². The molecule has 20 heavy (non-hydrogen) atoms. The molecule has 1 fully saturated rings. The lowest BCUT2D eigenvalue weighted by atomic mass is 9.91. The van der Waals surface area contributed by atoms with Gasteiger partial charge < -0.3 is 15.0 Å². The molecule has 0 spiro atoms. The predicted octanol–water partition coefficient (Wildman–Crippen LogP) is 2.70. The molecule has 0 radical (unpaired) electrons. The number of likely N-dealkylation sites (tertiary alicyclic amines) is 1. The van der Waals surface area contributed by atoms with Crippen molar-refractivity contribution in [1.29, 1.82) is 0 Å². The monoisotopic (exact) mass is 276 g/mol. The summed E-state index contributed by atoms with van der Waals surface area (Å²) in [6, 6.07) is 9.63. The first kappa shape index (κ1) is 15.3. The number of ether oxygens (including phenoxy) is 1. The molecular formula is C17H28N2O. The van der Waals surface area contributed by atoms with E-state index in [2.05, 4.69) is 42.4 Å². The fraction of sp³-hybridized carbons (Fsp3) is 0.647. The molecule has 1 aliphatic rings. The summed E-state index contributed by atoms with van der Waals surface area (Å²) in [7, 11) is 4.00. The van der Waals surface area contributed by atoms with Gasteiger partial charge in [0.15, 0.2) is 0 Å². The Balaban J connectivity index is 2.07. The second-order valence-corrected chi connectivity index (χ2v) is 5.76. The predicted molar refractivity (Wildman–Crippen MR) is 84.4 cm³/mol. The Morgan fingerprint density at radius 1 is 1.40 bits per heavy atom. The van der Waals surface area contributed by atoms with Gasteiger partial charge in [0.1, 0.15) is 5.75 Å². The summed E-state index contributed by atoms with van der Waals surface area (Å²) in [6.45, 7) is 4.45. The fourth-order valence-electron chi connectivity index (χ4n) is 3.27. The van der Waals surface area contributed by atoms with E-state index in [0.717, 1.165) is 18.7 Å². The number of hydrogen-bond acceptors (Lipinski definition) is 3. The molecule has 1 heterocycles. The van der Waals surface area contributed by atoms with Crippen LogP contribution < -0.4 is 10.1 Å². The van der Waals surface area contributed by atoms with Crippen LogP contribution in [0.25, 0.3) is 0 Å². The minimum Gasteiger partial charge on any atom is -0.497 e. The Labute approximate surface area is 123 Å². The third-order valence-electron chi connectivity index (χ3n) is 4.35. The number of nitrogens with zero attached hydrogens (tertiary/aromatic N) is 1. The molecule has 1 aliphatic heterocycles. The number of hydrogen-bond donors (Lipinski definition) is 1. The molecule has 0 saturated carbocycles. The smallest absolute Gasteiger partial charge is 0.119 e. The molecule has 1 aromatic carbocycles. The van der Waals surface area contributed by atoms with Crippen molar-refractivity contribution in [2.45, 2.75) is 44.7 Å². The third-order valence-corrected chi connectivity index (χ3v) is 4.35. The standard InChI is InChI=1S/C17H28N2O/c1-4-18-16(17-10-5-6-11-19(17)2)13-14-8-7-9-15(12-14)20-3/h7-9,12,16-18H,4-6,10-11,13H2,1-3H3. The van der Waals surface area contributed by atoms with Crippen molar-refractivity contribution in [2.24, 2.45) is 0 Å². The van der Waals surface area contributed by atoms with Gasteiger partial charge >= 0.3 is 0 Å². The molecule has 2 atom stereocenters. The molecule has 0 amide bonds. The zero-order valence-corrected chi connectivity index (χ0v) is 13.1. The van der Waals surface area contributed by atoms with Gasteiger partial charge in [-0.25, -0.2) is 0 Å². The van der Waals surface area contributed by atoms with Crippen LogP contribution in [0.4, 0.5) is 0 Å². The van der Waals surface area contributed by atoms with E-state index in [4.69, 9.17) is 4.74 Å². The van der Waals surface area contributed by atoms with Crippen LogP contribution in [0.2, 0.25) is 0 Å². The third kappa shape index (κ3) is 3.97.